The number of carbonyl (C=O) groups is 1. The first kappa shape index (κ1) is 22.5. The van der Waals surface area contributed by atoms with E-state index in [1.807, 2.05) is 18.7 Å². The molecule has 6 rings (SSSR count). The van der Waals surface area contributed by atoms with Crippen LogP contribution in [-0.2, 0) is 14.6 Å². The topological polar surface area (TPSA) is 108 Å². The summed E-state index contributed by atoms with van der Waals surface area (Å²) in [4.78, 5) is 27.4. The number of ether oxygens (including phenoxy) is 1. The largest absolute Gasteiger partial charge is 0.483 e. The molecule has 0 saturated carbocycles. The maximum atomic E-state index is 12.3. The van der Waals surface area contributed by atoms with Crippen LogP contribution in [0.3, 0.4) is 0 Å². The summed E-state index contributed by atoms with van der Waals surface area (Å²) in [5, 5.41) is 3.49. The highest BCUT2D eigenvalue weighted by atomic mass is 32.2. The predicted octanol–water partition coefficient (Wildman–Crippen LogP) is 2.24. The number of nitrogens with one attached hydrogen (secondary N) is 1. The van der Waals surface area contributed by atoms with Gasteiger partial charge in [-0.15, -0.1) is 0 Å². The van der Waals surface area contributed by atoms with Gasteiger partial charge < -0.3 is 19.9 Å². The quantitative estimate of drug-likeness (QED) is 0.573. The molecular weight excluding hydrogens is 516 g/mol. The summed E-state index contributed by atoms with van der Waals surface area (Å²) in [5.74, 6) is 6.55. The second-order valence-corrected chi connectivity index (χ2v) is 13.1. The van der Waals surface area contributed by atoms with Crippen LogP contribution < -0.4 is 15.0 Å². The SMILES string of the molecule is [2H]C([2H])([2H])C#CC(=O)N1CC[C@@H](N2CC(c3cc(C)c4c(c3)Nc3ncnc(N5CCS(=O)(=O)CC5)c3[C@@H](C)O4)C2)C1. The van der Waals surface area contributed by atoms with Crippen LogP contribution in [0.1, 0.15) is 53.0 Å². The van der Waals surface area contributed by atoms with Gasteiger partial charge in [0, 0.05) is 55.3 Å². The Hall–Kier alpha value is -3.36. The number of likely N-dealkylation sites (tertiary alicyclic amines) is 2. The van der Waals surface area contributed by atoms with Gasteiger partial charge in [-0.25, -0.2) is 18.4 Å². The Morgan fingerprint density at radius 2 is 1.97 bits per heavy atom. The first-order chi connectivity index (χ1) is 19.9. The smallest absolute Gasteiger partial charge is 0.298 e. The molecule has 2 aromatic rings. The standard InChI is InChI=1S/C28H34N6O4S/c1-4-5-24(35)33-7-6-22(16-33)34-14-21(15-34)20-12-18(2)26-23(13-20)31-27-25(19(3)38-26)28(30-17-29-27)32-8-10-39(36,37)11-9-32/h12-13,17,19,21-22H,6-11,14-16H2,1-3H3,(H,29,30,31)/t19-,22-/m1/s1/i1D3. The number of hydrogen-bond acceptors (Lipinski definition) is 9. The lowest BCUT2D eigenvalue weighted by molar-refractivity contribution is -0.124. The van der Waals surface area contributed by atoms with Crippen LogP contribution in [0.15, 0.2) is 18.5 Å². The molecule has 4 aliphatic rings. The minimum Gasteiger partial charge on any atom is -0.483 e. The van der Waals surface area contributed by atoms with E-state index in [9.17, 15) is 13.2 Å². The van der Waals surface area contributed by atoms with E-state index in [1.165, 1.54) is 11.9 Å². The average Bonchev–Trinajstić information content (AvgIpc) is 3.32. The molecule has 2 atom stereocenters. The second-order valence-electron chi connectivity index (χ2n) is 10.8. The average molecular weight is 554 g/mol. The van der Waals surface area contributed by atoms with Crippen molar-refractivity contribution in [1.82, 2.24) is 19.8 Å². The van der Waals surface area contributed by atoms with Gasteiger partial charge in [-0.3, -0.25) is 9.69 Å². The van der Waals surface area contributed by atoms with Gasteiger partial charge in [-0.05, 0) is 50.2 Å². The summed E-state index contributed by atoms with van der Waals surface area (Å²) >= 11 is 0. The van der Waals surface area contributed by atoms with Crippen LogP contribution in [0.5, 0.6) is 5.75 Å². The van der Waals surface area contributed by atoms with Crippen molar-refractivity contribution in [3.8, 4) is 17.6 Å². The Morgan fingerprint density at radius 1 is 1.18 bits per heavy atom. The Morgan fingerprint density at radius 3 is 2.74 bits per heavy atom. The van der Waals surface area contributed by atoms with Crippen LogP contribution in [0.2, 0.25) is 0 Å². The number of fused-ring (bicyclic) bond motifs is 2. The second kappa shape index (κ2) is 9.99. The Labute approximate surface area is 233 Å². The van der Waals surface area contributed by atoms with Gasteiger partial charge in [-0.2, -0.15) is 0 Å². The van der Waals surface area contributed by atoms with Crippen molar-refractivity contribution in [2.24, 2.45) is 0 Å². The lowest BCUT2D eigenvalue weighted by atomic mass is 9.88. The van der Waals surface area contributed by atoms with Crippen molar-refractivity contribution in [2.75, 3.05) is 61.0 Å². The summed E-state index contributed by atoms with van der Waals surface area (Å²) in [5.41, 5.74) is 3.86. The molecule has 4 aliphatic heterocycles. The molecule has 39 heavy (non-hydrogen) atoms. The molecule has 1 aromatic heterocycles. The monoisotopic (exact) mass is 553 g/mol. The van der Waals surface area contributed by atoms with E-state index in [-0.39, 0.29) is 23.7 Å². The maximum absolute atomic E-state index is 12.3. The number of rotatable bonds is 3. The number of benzene rings is 1. The molecule has 0 unspecified atom stereocenters. The lowest BCUT2D eigenvalue weighted by Crippen LogP contribution is -2.51. The molecule has 10 nitrogen and oxygen atoms in total. The van der Waals surface area contributed by atoms with Crippen molar-refractivity contribution < 1.29 is 22.1 Å². The van der Waals surface area contributed by atoms with Crippen molar-refractivity contribution in [1.29, 1.82) is 0 Å². The molecule has 0 bridgehead atoms. The van der Waals surface area contributed by atoms with E-state index >= 15 is 0 Å². The van der Waals surface area contributed by atoms with Crippen molar-refractivity contribution in [3.05, 3.63) is 35.2 Å². The molecule has 3 saturated heterocycles. The third kappa shape index (κ3) is 4.92. The summed E-state index contributed by atoms with van der Waals surface area (Å²) in [6, 6.07) is 4.52. The number of sulfone groups is 1. The fourth-order valence-corrected chi connectivity index (χ4v) is 7.27. The molecule has 1 aromatic carbocycles. The lowest BCUT2D eigenvalue weighted by Gasteiger charge is -2.43. The normalized spacial score (nSPS) is 25.7. The minimum absolute atomic E-state index is 0.101. The predicted molar refractivity (Wildman–Crippen MR) is 149 cm³/mol. The summed E-state index contributed by atoms with van der Waals surface area (Å²) in [7, 11) is -3.03. The van der Waals surface area contributed by atoms with Gasteiger partial charge in [0.25, 0.3) is 5.91 Å². The zero-order chi connectivity index (χ0) is 29.8. The molecule has 0 radical (unpaired) electrons. The Balaban J connectivity index is 1.15. The molecule has 1 N–H and O–H groups in total. The number of carbonyl (C=O) groups excluding carboxylic acids is 1. The zero-order valence-electron chi connectivity index (χ0n) is 25.1. The summed E-state index contributed by atoms with van der Waals surface area (Å²) < 4.78 is 52.0. The van der Waals surface area contributed by atoms with Gasteiger partial charge >= 0.3 is 0 Å². The number of amides is 1. The van der Waals surface area contributed by atoms with E-state index in [2.05, 4.69) is 44.2 Å². The van der Waals surface area contributed by atoms with Crippen molar-refractivity contribution in [3.63, 3.8) is 0 Å². The molecule has 3 fully saturated rings. The third-order valence-electron chi connectivity index (χ3n) is 8.28. The summed E-state index contributed by atoms with van der Waals surface area (Å²) in [6.07, 6.45) is 2.00. The van der Waals surface area contributed by atoms with Gasteiger partial charge in [0.1, 0.15) is 29.8 Å². The summed E-state index contributed by atoms with van der Waals surface area (Å²) in [6.45, 7) is 5.20. The van der Waals surface area contributed by atoms with Gasteiger partial charge in [0.05, 0.1) is 22.8 Å². The fraction of sp³-hybridized carbons (Fsp3) is 0.536. The van der Waals surface area contributed by atoms with E-state index in [4.69, 9.17) is 8.85 Å². The highest BCUT2D eigenvalue weighted by molar-refractivity contribution is 7.91. The van der Waals surface area contributed by atoms with Crippen LogP contribution in [-0.4, -0.2) is 90.9 Å². The molecule has 11 heteroatoms. The van der Waals surface area contributed by atoms with Gasteiger partial charge in [0.2, 0.25) is 0 Å². The van der Waals surface area contributed by atoms with Crippen LogP contribution in [0, 0.1) is 18.8 Å². The van der Waals surface area contributed by atoms with Crippen LogP contribution in [0.4, 0.5) is 17.3 Å². The fourth-order valence-electron chi connectivity index (χ4n) is 6.07. The molecule has 206 valence electrons. The molecule has 0 aliphatic carbocycles. The number of aromatic nitrogens is 2. The molecule has 1 amide bonds. The van der Waals surface area contributed by atoms with Crippen LogP contribution in [0.25, 0.3) is 0 Å². The number of hydrogen-bond donors (Lipinski definition) is 1. The first-order valence-electron chi connectivity index (χ1n) is 14.8. The number of anilines is 3. The Kier molecular flexibility index (Phi) is 5.75. The van der Waals surface area contributed by atoms with Gasteiger partial charge in [0.15, 0.2) is 9.84 Å². The first-order valence-corrected chi connectivity index (χ1v) is 15.1. The molecule has 0 spiro atoms. The number of aryl methyl sites for hydroxylation is 1. The van der Waals surface area contributed by atoms with E-state index in [0.717, 1.165) is 42.1 Å². The van der Waals surface area contributed by atoms with E-state index < -0.39 is 22.6 Å². The highest BCUT2D eigenvalue weighted by Gasteiger charge is 2.38. The minimum atomic E-state index is -3.03. The van der Waals surface area contributed by atoms with Crippen molar-refractivity contribution in [2.45, 2.75) is 45.2 Å². The van der Waals surface area contributed by atoms with E-state index in [1.54, 1.807) is 4.90 Å². The van der Waals surface area contributed by atoms with Crippen molar-refractivity contribution >= 4 is 33.1 Å². The van der Waals surface area contributed by atoms with Crippen LogP contribution >= 0.6 is 0 Å². The molecular formula is C28H34N6O4S. The third-order valence-corrected chi connectivity index (χ3v) is 9.88. The Bertz CT molecular complexity index is 1570. The zero-order valence-corrected chi connectivity index (χ0v) is 22.9. The van der Waals surface area contributed by atoms with Gasteiger partial charge in [-0.1, -0.05) is 12.0 Å². The molecule has 5 heterocycles. The number of nitrogens with zero attached hydrogens (tertiary/aromatic N) is 5. The highest BCUT2D eigenvalue weighted by Crippen LogP contribution is 2.45. The van der Waals surface area contributed by atoms with E-state index in [0.29, 0.717) is 43.7 Å². The maximum Gasteiger partial charge on any atom is 0.298 e.